The van der Waals surface area contributed by atoms with Gasteiger partial charge < -0.3 is 10.2 Å². The molecular formula is C26H22F3N5O3. The lowest BCUT2D eigenvalue weighted by molar-refractivity contribution is -0.351. The van der Waals surface area contributed by atoms with Crippen LogP contribution in [0.15, 0.2) is 54.7 Å². The summed E-state index contributed by atoms with van der Waals surface area (Å²) in [5.74, 6) is -0.940. The fourth-order valence-corrected chi connectivity index (χ4v) is 4.83. The predicted octanol–water partition coefficient (Wildman–Crippen LogP) is 4.84. The van der Waals surface area contributed by atoms with Crippen LogP contribution in [0.1, 0.15) is 57.7 Å². The zero-order valence-electron chi connectivity index (χ0n) is 19.7. The molecule has 5 rings (SSSR count). The van der Waals surface area contributed by atoms with Crippen LogP contribution in [0.5, 0.6) is 0 Å². The van der Waals surface area contributed by atoms with Gasteiger partial charge in [0.1, 0.15) is 5.69 Å². The van der Waals surface area contributed by atoms with Crippen molar-refractivity contribution in [2.75, 3.05) is 10.2 Å². The molecule has 1 aliphatic carbocycles. The molecule has 11 heteroatoms. The minimum absolute atomic E-state index is 0.0350. The van der Waals surface area contributed by atoms with E-state index in [0.29, 0.717) is 23.5 Å². The van der Waals surface area contributed by atoms with Crippen molar-refractivity contribution in [2.45, 2.75) is 50.7 Å². The van der Waals surface area contributed by atoms with Crippen molar-refractivity contribution in [1.82, 2.24) is 9.78 Å². The fraction of sp³-hybridized carbons (Fsp3) is 0.308. The first-order chi connectivity index (χ1) is 17.6. The molecule has 1 aromatic heterocycles. The first-order valence-electron chi connectivity index (χ1n) is 11.7. The SMILES string of the molecule is CC1Cn2ncc(C(=O)Nc3cccc(C#N)c3)c2C(=O)N1c1ccc(C2CC(OC(F)(F)F)C2)cc1. The summed E-state index contributed by atoms with van der Waals surface area (Å²) in [6.45, 7) is 2.24. The molecule has 1 saturated carbocycles. The first kappa shape index (κ1) is 24.5. The summed E-state index contributed by atoms with van der Waals surface area (Å²) in [4.78, 5) is 28.1. The molecular weight excluding hydrogens is 487 g/mol. The zero-order valence-corrected chi connectivity index (χ0v) is 19.7. The third-order valence-corrected chi connectivity index (χ3v) is 6.67. The highest BCUT2D eigenvalue weighted by Gasteiger charge is 2.41. The average Bonchev–Trinajstić information content (AvgIpc) is 3.25. The molecule has 2 aliphatic rings. The van der Waals surface area contributed by atoms with Crippen molar-refractivity contribution < 1.29 is 27.5 Å². The summed E-state index contributed by atoms with van der Waals surface area (Å²) in [6, 6.07) is 15.4. The third kappa shape index (κ3) is 4.93. The van der Waals surface area contributed by atoms with Gasteiger partial charge in [-0.25, -0.2) is 0 Å². The molecule has 3 aromatic rings. The van der Waals surface area contributed by atoms with E-state index in [0.717, 1.165) is 5.56 Å². The van der Waals surface area contributed by atoms with Crippen LogP contribution in [0, 0.1) is 11.3 Å². The van der Waals surface area contributed by atoms with E-state index < -0.39 is 18.4 Å². The maximum Gasteiger partial charge on any atom is 0.522 e. The van der Waals surface area contributed by atoms with Crippen LogP contribution >= 0.6 is 0 Å². The van der Waals surface area contributed by atoms with E-state index in [1.54, 1.807) is 35.2 Å². The molecule has 1 N–H and O–H groups in total. The third-order valence-electron chi connectivity index (χ3n) is 6.67. The Morgan fingerprint density at radius 1 is 1.19 bits per heavy atom. The summed E-state index contributed by atoms with van der Waals surface area (Å²) < 4.78 is 42.7. The minimum Gasteiger partial charge on any atom is -0.322 e. The second-order valence-corrected chi connectivity index (χ2v) is 9.21. The van der Waals surface area contributed by atoms with Gasteiger partial charge in [-0.05, 0) is 61.6 Å². The highest BCUT2D eigenvalue weighted by molar-refractivity contribution is 6.15. The van der Waals surface area contributed by atoms with Crippen molar-refractivity contribution in [3.05, 3.63) is 77.1 Å². The van der Waals surface area contributed by atoms with E-state index in [-0.39, 0.29) is 42.0 Å². The van der Waals surface area contributed by atoms with E-state index in [9.17, 15) is 22.8 Å². The van der Waals surface area contributed by atoms with Crippen LogP contribution in [0.25, 0.3) is 0 Å². The van der Waals surface area contributed by atoms with Crippen molar-refractivity contribution in [3.63, 3.8) is 0 Å². The predicted molar refractivity (Wildman–Crippen MR) is 127 cm³/mol. The molecule has 0 bridgehead atoms. The van der Waals surface area contributed by atoms with Gasteiger partial charge in [0.2, 0.25) is 0 Å². The molecule has 1 fully saturated rings. The molecule has 0 radical (unpaired) electrons. The van der Waals surface area contributed by atoms with Gasteiger partial charge in [-0.3, -0.25) is 19.0 Å². The molecule has 0 saturated heterocycles. The van der Waals surface area contributed by atoms with E-state index in [4.69, 9.17) is 5.26 Å². The Kier molecular flexibility index (Phi) is 6.21. The van der Waals surface area contributed by atoms with E-state index in [1.807, 2.05) is 25.1 Å². The second-order valence-electron chi connectivity index (χ2n) is 9.21. The maximum absolute atomic E-state index is 13.5. The number of nitrogens with one attached hydrogen (secondary N) is 1. The monoisotopic (exact) mass is 509 g/mol. The van der Waals surface area contributed by atoms with Crippen LogP contribution in [-0.4, -0.2) is 40.1 Å². The number of hydrogen-bond donors (Lipinski definition) is 1. The van der Waals surface area contributed by atoms with Crippen LogP contribution in [0.3, 0.4) is 0 Å². The summed E-state index contributed by atoms with van der Waals surface area (Å²) in [7, 11) is 0. The number of carbonyl (C=O) groups is 2. The molecule has 0 spiro atoms. The number of aromatic nitrogens is 2. The van der Waals surface area contributed by atoms with Gasteiger partial charge in [0.25, 0.3) is 11.8 Å². The van der Waals surface area contributed by atoms with Gasteiger partial charge >= 0.3 is 6.36 Å². The standard InChI is InChI=1S/C26H22F3N5O3/c1-15-14-33-23(22(13-31-33)24(35)32-19-4-2-3-16(9-19)12-30)25(36)34(15)20-7-5-17(6-8-20)18-10-21(11-18)37-26(27,28)29/h2-9,13,15,18,21H,10-11,14H2,1H3,(H,32,35). The number of benzene rings is 2. The normalized spacial score (nSPS) is 21.1. The van der Waals surface area contributed by atoms with Crippen molar-refractivity contribution in [3.8, 4) is 6.07 Å². The van der Waals surface area contributed by atoms with Crippen LogP contribution in [-0.2, 0) is 11.3 Å². The largest absolute Gasteiger partial charge is 0.522 e. The Labute approximate surface area is 210 Å². The molecule has 190 valence electrons. The molecule has 1 aliphatic heterocycles. The molecule has 1 unspecified atom stereocenters. The number of carbonyl (C=O) groups excluding carboxylic acids is 2. The number of nitriles is 1. The number of nitrogens with zero attached hydrogens (tertiary/aromatic N) is 4. The molecule has 1 atom stereocenters. The summed E-state index contributed by atoms with van der Waals surface area (Å²) >= 11 is 0. The Morgan fingerprint density at radius 2 is 1.92 bits per heavy atom. The van der Waals surface area contributed by atoms with Crippen molar-refractivity contribution in [1.29, 1.82) is 5.26 Å². The Morgan fingerprint density at radius 3 is 2.59 bits per heavy atom. The Hall–Kier alpha value is -4.17. The quantitative estimate of drug-likeness (QED) is 0.531. The van der Waals surface area contributed by atoms with E-state index >= 15 is 0 Å². The average molecular weight is 509 g/mol. The van der Waals surface area contributed by atoms with Gasteiger partial charge in [0.15, 0.2) is 0 Å². The number of rotatable bonds is 5. The van der Waals surface area contributed by atoms with Gasteiger partial charge in [-0.1, -0.05) is 18.2 Å². The minimum atomic E-state index is -4.63. The smallest absolute Gasteiger partial charge is 0.322 e. The zero-order chi connectivity index (χ0) is 26.3. The van der Waals surface area contributed by atoms with Gasteiger partial charge in [0.05, 0.1) is 42.1 Å². The molecule has 2 amide bonds. The number of ether oxygens (including phenoxy) is 1. The van der Waals surface area contributed by atoms with Crippen LogP contribution in [0.4, 0.5) is 24.5 Å². The lowest BCUT2D eigenvalue weighted by Gasteiger charge is -2.36. The van der Waals surface area contributed by atoms with Crippen LogP contribution in [0.2, 0.25) is 0 Å². The molecule has 37 heavy (non-hydrogen) atoms. The van der Waals surface area contributed by atoms with Gasteiger partial charge in [0, 0.05) is 11.4 Å². The summed E-state index contributed by atoms with van der Waals surface area (Å²) in [5, 5.41) is 16.0. The number of amides is 2. The van der Waals surface area contributed by atoms with Gasteiger partial charge in [-0.2, -0.15) is 10.4 Å². The highest BCUT2D eigenvalue weighted by Crippen LogP contribution is 2.42. The molecule has 8 nitrogen and oxygen atoms in total. The van der Waals surface area contributed by atoms with Gasteiger partial charge in [-0.15, -0.1) is 13.2 Å². The first-order valence-corrected chi connectivity index (χ1v) is 11.7. The Bertz CT molecular complexity index is 1390. The lowest BCUT2D eigenvalue weighted by atomic mass is 9.77. The topological polar surface area (TPSA) is 100 Å². The van der Waals surface area contributed by atoms with Crippen molar-refractivity contribution >= 4 is 23.2 Å². The molecule has 2 heterocycles. The number of hydrogen-bond acceptors (Lipinski definition) is 5. The number of fused-ring (bicyclic) bond motifs is 1. The number of halogens is 3. The van der Waals surface area contributed by atoms with Crippen molar-refractivity contribution in [2.24, 2.45) is 0 Å². The maximum atomic E-state index is 13.5. The number of anilines is 2. The van der Waals surface area contributed by atoms with E-state index in [2.05, 4.69) is 15.2 Å². The fourth-order valence-electron chi connectivity index (χ4n) is 4.83. The summed E-state index contributed by atoms with van der Waals surface area (Å²) in [5.41, 5.74) is 2.58. The second kappa shape index (κ2) is 9.37. The summed E-state index contributed by atoms with van der Waals surface area (Å²) in [6.07, 6.45) is -3.54. The number of alkyl halides is 3. The van der Waals surface area contributed by atoms with E-state index in [1.165, 1.54) is 16.9 Å². The highest BCUT2D eigenvalue weighted by atomic mass is 19.4. The molecule has 2 aromatic carbocycles. The lowest BCUT2D eigenvalue weighted by Crippen LogP contribution is -2.47. The Balaban J connectivity index is 1.32. The van der Waals surface area contributed by atoms with Crippen LogP contribution < -0.4 is 10.2 Å².